The zero-order valence-electron chi connectivity index (χ0n) is 22.9. The maximum Gasteiger partial charge on any atom is 0.303 e. The van der Waals surface area contributed by atoms with Crippen LogP contribution < -0.4 is 5.73 Å². The van der Waals surface area contributed by atoms with Gasteiger partial charge in [-0.2, -0.15) is 0 Å². The van der Waals surface area contributed by atoms with Crippen LogP contribution in [0.15, 0.2) is 0 Å². The molecule has 0 aliphatic rings. The second kappa shape index (κ2) is 22.5. The molecule has 0 rings (SSSR count). The van der Waals surface area contributed by atoms with Crippen molar-refractivity contribution in [3.05, 3.63) is 0 Å². The van der Waals surface area contributed by atoms with Crippen LogP contribution in [0.2, 0.25) is 0 Å². The molecular formula is C28H54N2O6. The summed E-state index contributed by atoms with van der Waals surface area (Å²) in [6.45, 7) is 1.94. The number of amides is 1. The predicted molar refractivity (Wildman–Crippen MR) is 144 cm³/mol. The zero-order valence-corrected chi connectivity index (χ0v) is 22.9. The Hall–Kier alpha value is -1.67. The Morgan fingerprint density at radius 1 is 0.667 bits per heavy atom. The largest absolute Gasteiger partial charge is 0.481 e. The topological polar surface area (TPSA) is 141 Å². The van der Waals surface area contributed by atoms with Crippen LogP contribution >= 0.6 is 0 Å². The number of carbonyl (C=O) groups is 3. The minimum absolute atomic E-state index is 0.0218. The van der Waals surface area contributed by atoms with Crippen molar-refractivity contribution in [3.8, 4) is 0 Å². The summed E-state index contributed by atoms with van der Waals surface area (Å²) in [7, 11) is 0. The van der Waals surface area contributed by atoms with Gasteiger partial charge in [0.05, 0.1) is 12.1 Å². The quantitative estimate of drug-likeness (QED) is 0.112. The molecule has 0 aliphatic carbocycles. The van der Waals surface area contributed by atoms with Crippen molar-refractivity contribution in [2.75, 3.05) is 19.7 Å². The van der Waals surface area contributed by atoms with E-state index in [1.807, 2.05) is 0 Å². The summed E-state index contributed by atoms with van der Waals surface area (Å²) in [5.41, 5.74) is 4.90. The minimum Gasteiger partial charge on any atom is -0.481 e. The third-order valence-electron chi connectivity index (χ3n) is 7.18. The summed E-state index contributed by atoms with van der Waals surface area (Å²) in [4.78, 5) is 36.8. The van der Waals surface area contributed by atoms with Gasteiger partial charge in [0.25, 0.3) is 0 Å². The molecule has 0 fully saturated rings. The highest BCUT2D eigenvalue weighted by Gasteiger charge is 2.38. The van der Waals surface area contributed by atoms with Crippen molar-refractivity contribution in [1.82, 2.24) is 4.90 Å². The van der Waals surface area contributed by atoms with Crippen LogP contribution in [0.3, 0.4) is 0 Å². The first kappa shape index (κ1) is 34.3. The molecule has 0 aliphatic heterocycles. The molecule has 36 heavy (non-hydrogen) atoms. The van der Waals surface area contributed by atoms with Crippen LogP contribution in [0.4, 0.5) is 0 Å². The molecular weight excluding hydrogens is 460 g/mol. The molecule has 0 saturated carbocycles. The lowest BCUT2D eigenvalue weighted by molar-refractivity contribution is -0.145. The van der Waals surface area contributed by atoms with Crippen molar-refractivity contribution < 1.29 is 29.7 Å². The summed E-state index contributed by atoms with van der Waals surface area (Å²) >= 11 is 0. The van der Waals surface area contributed by atoms with E-state index >= 15 is 0 Å². The minimum atomic E-state index is -1.08. The van der Waals surface area contributed by atoms with Crippen LogP contribution in [0, 0.1) is 0 Å². The number of nitrogens with two attached hydrogens (primary N) is 1. The molecule has 0 aromatic rings. The number of hydrogen-bond acceptors (Lipinski definition) is 5. The maximum atomic E-state index is 13.0. The van der Waals surface area contributed by atoms with E-state index in [4.69, 9.17) is 15.9 Å². The average molecular weight is 515 g/mol. The first-order valence-electron chi connectivity index (χ1n) is 14.4. The highest BCUT2D eigenvalue weighted by atomic mass is 16.4. The smallest absolute Gasteiger partial charge is 0.303 e. The number of nitrogens with zero attached hydrogens (tertiary/aromatic N) is 1. The Balaban J connectivity index is 4.31. The predicted octanol–water partition coefficient (Wildman–Crippen LogP) is 5.50. The van der Waals surface area contributed by atoms with E-state index in [0.717, 1.165) is 25.7 Å². The van der Waals surface area contributed by atoms with Gasteiger partial charge in [-0.25, -0.2) is 0 Å². The van der Waals surface area contributed by atoms with Gasteiger partial charge in [0.15, 0.2) is 0 Å². The van der Waals surface area contributed by atoms with Crippen molar-refractivity contribution in [3.63, 3.8) is 0 Å². The van der Waals surface area contributed by atoms with Gasteiger partial charge in [0.2, 0.25) is 5.91 Å². The molecule has 0 radical (unpaired) electrons. The molecule has 1 amide bonds. The summed E-state index contributed by atoms with van der Waals surface area (Å²) in [6, 6.07) is 0. The number of β-amino-alcohol motifs (C(OH)–C–C–N with tert-alkyl or cyclic N) is 1. The number of carbonyl (C=O) groups excluding carboxylic acids is 1. The van der Waals surface area contributed by atoms with Gasteiger partial charge >= 0.3 is 11.9 Å². The van der Waals surface area contributed by atoms with E-state index in [1.54, 1.807) is 0 Å². The van der Waals surface area contributed by atoms with Crippen LogP contribution in [-0.2, 0) is 14.4 Å². The number of hydrogen-bond donors (Lipinski definition) is 4. The molecule has 0 atom stereocenters. The first-order valence-corrected chi connectivity index (χ1v) is 14.4. The van der Waals surface area contributed by atoms with Crippen LogP contribution in [0.5, 0.6) is 0 Å². The third kappa shape index (κ3) is 16.9. The SMILES string of the molecule is CCCCCCCCCCCCCCCCCC(=O)N(CCO)C(CN)(CCC(=O)O)CCC(=O)O. The number of aliphatic carboxylic acids is 2. The molecule has 8 heteroatoms. The Morgan fingerprint density at radius 2 is 1.06 bits per heavy atom. The molecule has 0 spiro atoms. The Labute approximate surface area is 219 Å². The Morgan fingerprint density at radius 3 is 1.39 bits per heavy atom. The molecule has 0 unspecified atom stereocenters. The summed E-state index contributed by atoms with van der Waals surface area (Å²) in [6.07, 6.45) is 18.5. The van der Waals surface area contributed by atoms with Crippen LogP contribution in [0.25, 0.3) is 0 Å². The fraction of sp³-hybridized carbons (Fsp3) is 0.893. The normalized spacial score (nSPS) is 11.5. The monoisotopic (exact) mass is 514 g/mol. The van der Waals surface area contributed by atoms with Crippen LogP contribution in [0.1, 0.15) is 135 Å². The summed E-state index contributed by atoms with van der Waals surface area (Å²) in [5.74, 6) is -2.25. The van der Waals surface area contributed by atoms with Gasteiger partial charge in [0.1, 0.15) is 0 Å². The summed E-state index contributed by atoms with van der Waals surface area (Å²) in [5, 5.41) is 27.8. The molecule has 0 heterocycles. The molecule has 0 saturated heterocycles. The zero-order chi connectivity index (χ0) is 27.1. The van der Waals surface area contributed by atoms with Crippen molar-refractivity contribution in [2.45, 2.75) is 141 Å². The van der Waals surface area contributed by atoms with E-state index < -0.39 is 17.5 Å². The fourth-order valence-corrected chi connectivity index (χ4v) is 4.90. The van der Waals surface area contributed by atoms with Gasteiger partial charge in [-0.15, -0.1) is 0 Å². The Kier molecular flexibility index (Phi) is 21.5. The standard InChI is InChI=1S/C28H54N2O6/c1-2-3-4-5-6-7-8-9-10-11-12-13-14-15-16-17-25(32)30(22-23-31)28(24-29,20-18-26(33)34)21-19-27(35)36/h31H,2-24,29H2,1H3,(H,33,34)(H,35,36). The van der Waals surface area contributed by atoms with Gasteiger partial charge in [-0.3, -0.25) is 14.4 Å². The molecule has 0 aromatic heterocycles. The fourth-order valence-electron chi connectivity index (χ4n) is 4.90. The van der Waals surface area contributed by atoms with E-state index in [0.29, 0.717) is 6.42 Å². The molecule has 212 valence electrons. The Bertz CT molecular complexity index is 566. The highest BCUT2D eigenvalue weighted by molar-refractivity contribution is 5.77. The van der Waals surface area contributed by atoms with E-state index in [-0.39, 0.29) is 51.3 Å². The van der Waals surface area contributed by atoms with Crippen molar-refractivity contribution >= 4 is 17.8 Å². The van der Waals surface area contributed by atoms with Crippen LogP contribution in [-0.4, -0.2) is 63.3 Å². The number of carboxylic acids is 2. The van der Waals surface area contributed by atoms with Gasteiger partial charge in [0, 0.05) is 32.4 Å². The molecule has 8 nitrogen and oxygen atoms in total. The highest BCUT2D eigenvalue weighted by Crippen LogP contribution is 2.28. The third-order valence-corrected chi connectivity index (χ3v) is 7.18. The van der Waals surface area contributed by atoms with Gasteiger partial charge in [-0.1, -0.05) is 96.8 Å². The van der Waals surface area contributed by atoms with E-state index in [1.165, 1.54) is 75.5 Å². The first-order chi connectivity index (χ1) is 17.3. The number of unbranched alkanes of at least 4 members (excludes halogenated alkanes) is 14. The lowest BCUT2D eigenvalue weighted by Crippen LogP contribution is -2.57. The lowest BCUT2D eigenvalue weighted by Gasteiger charge is -2.43. The average Bonchev–Trinajstić information content (AvgIpc) is 2.85. The maximum absolute atomic E-state index is 13.0. The number of carboxylic acid groups (broad SMARTS) is 2. The second-order valence-electron chi connectivity index (χ2n) is 10.2. The molecule has 0 bridgehead atoms. The molecule has 5 N–H and O–H groups in total. The lowest BCUT2D eigenvalue weighted by atomic mass is 9.85. The second-order valence-corrected chi connectivity index (χ2v) is 10.2. The number of rotatable bonds is 26. The van der Waals surface area contributed by atoms with E-state index in [9.17, 15) is 19.5 Å². The van der Waals surface area contributed by atoms with Gasteiger partial charge < -0.3 is 26.0 Å². The molecule has 0 aromatic carbocycles. The van der Waals surface area contributed by atoms with Crippen molar-refractivity contribution in [1.29, 1.82) is 0 Å². The summed E-state index contributed by atoms with van der Waals surface area (Å²) < 4.78 is 0. The number of aliphatic hydroxyl groups excluding tert-OH is 1. The van der Waals surface area contributed by atoms with Gasteiger partial charge in [-0.05, 0) is 19.3 Å². The number of aliphatic hydroxyl groups is 1. The van der Waals surface area contributed by atoms with Crippen molar-refractivity contribution in [2.24, 2.45) is 5.73 Å². The van der Waals surface area contributed by atoms with E-state index in [2.05, 4.69) is 6.92 Å².